The van der Waals surface area contributed by atoms with Gasteiger partial charge in [-0.3, -0.25) is 0 Å². The van der Waals surface area contributed by atoms with Gasteiger partial charge in [-0.1, -0.05) is 0 Å². The zero-order chi connectivity index (χ0) is 12.9. The first-order chi connectivity index (χ1) is 7.92. The minimum Gasteiger partial charge on any atom is -0.490 e. The molecule has 3 nitrogen and oxygen atoms in total. The number of ether oxygens (including phenoxy) is 2. The highest BCUT2D eigenvalue weighted by Gasteiger charge is 2.10. The lowest BCUT2D eigenvalue weighted by Crippen LogP contribution is -2.22. The fourth-order valence-corrected chi connectivity index (χ4v) is 1.21. The number of rotatable bonds is 4. The summed E-state index contributed by atoms with van der Waals surface area (Å²) in [6.07, 6.45) is 0. The summed E-state index contributed by atoms with van der Waals surface area (Å²) in [5.41, 5.74) is -0.0229. The summed E-state index contributed by atoms with van der Waals surface area (Å²) in [5, 5.41) is 8.80. The average molecular weight is 237 g/mol. The maximum absolute atomic E-state index is 12.8. The second kappa shape index (κ2) is 5.65. The lowest BCUT2D eigenvalue weighted by atomic mass is 10.2. The van der Waals surface area contributed by atoms with E-state index in [9.17, 15) is 4.39 Å². The molecule has 0 saturated carbocycles. The maximum atomic E-state index is 12.8. The average Bonchev–Trinajstić information content (AvgIpc) is 2.24. The molecule has 0 N–H and O–H groups in total. The first-order valence-electron chi connectivity index (χ1n) is 5.39. The Hall–Kier alpha value is -1.60. The first-order valence-corrected chi connectivity index (χ1v) is 5.39. The summed E-state index contributed by atoms with van der Waals surface area (Å²) < 4.78 is 23.7. The highest BCUT2D eigenvalue weighted by molar-refractivity contribution is 5.42. The SMILES string of the molecule is CC(C)(C)OCCOc1ccc(F)cc1C#N. The van der Waals surface area contributed by atoms with Crippen LogP contribution in [0.25, 0.3) is 0 Å². The molecule has 0 saturated heterocycles. The van der Waals surface area contributed by atoms with Gasteiger partial charge in [0.1, 0.15) is 24.2 Å². The van der Waals surface area contributed by atoms with Gasteiger partial charge in [-0.05, 0) is 39.0 Å². The van der Waals surface area contributed by atoms with Crippen molar-refractivity contribution in [1.82, 2.24) is 0 Å². The van der Waals surface area contributed by atoms with Crippen LogP contribution in [0.4, 0.5) is 4.39 Å². The van der Waals surface area contributed by atoms with E-state index in [0.717, 1.165) is 6.07 Å². The van der Waals surface area contributed by atoms with Crippen LogP contribution in [0.2, 0.25) is 0 Å². The van der Waals surface area contributed by atoms with Crippen molar-refractivity contribution in [2.24, 2.45) is 0 Å². The molecule has 92 valence electrons. The lowest BCUT2D eigenvalue weighted by Gasteiger charge is -2.19. The Morgan fingerprint density at radius 2 is 2.00 bits per heavy atom. The zero-order valence-electron chi connectivity index (χ0n) is 10.3. The van der Waals surface area contributed by atoms with Crippen molar-refractivity contribution >= 4 is 0 Å². The summed E-state index contributed by atoms with van der Waals surface area (Å²) in [7, 11) is 0. The molecule has 0 aliphatic carbocycles. The molecule has 0 aliphatic rings. The van der Waals surface area contributed by atoms with Crippen LogP contribution in [0, 0.1) is 17.1 Å². The van der Waals surface area contributed by atoms with E-state index in [1.54, 1.807) is 0 Å². The third-order valence-corrected chi connectivity index (χ3v) is 1.94. The van der Waals surface area contributed by atoms with E-state index < -0.39 is 5.82 Å². The maximum Gasteiger partial charge on any atom is 0.137 e. The predicted octanol–water partition coefficient (Wildman–Crippen LogP) is 2.89. The third-order valence-electron chi connectivity index (χ3n) is 1.94. The number of nitrogens with zero attached hydrogens (tertiary/aromatic N) is 1. The molecule has 1 aromatic rings. The van der Waals surface area contributed by atoms with Crippen molar-refractivity contribution in [2.75, 3.05) is 13.2 Å². The largest absolute Gasteiger partial charge is 0.490 e. The molecule has 4 heteroatoms. The lowest BCUT2D eigenvalue weighted by molar-refractivity contribution is -0.0163. The number of nitriles is 1. The molecule has 1 rings (SSSR count). The standard InChI is InChI=1S/C13H16FNO2/c1-13(2,3)17-7-6-16-12-5-4-11(14)8-10(12)9-15/h4-5,8H,6-7H2,1-3H3. The smallest absolute Gasteiger partial charge is 0.137 e. The van der Waals surface area contributed by atoms with E-state index in [4.69, 9.17) is 14.7 Å². The van der Waals surface area contributed by atoms with Crippen LogP contribution in [0.15, 0.2) is 18.2 Å². The second-order valence-corrected chi connectivity index (χ2v) is 4.56. The Morgan fingerprint density at radius 3 is 2.59 bits per heavy atom. The van der Waals surface area contributed by atoms with Crippen LogP contribution >= 0.6 is 0 Å². The van der Waals surface area contributed by atoms with Gasteiger partial charge in [-0.2, -0.15) is 5.26 Å². The van der Waals surface area contributed by atoms with Crippen molar-refractivity contribution in [3.63, 3.8) is 0 Å². The molecule has 0 fully saturated rings. The highest BCUT2D eigenvalue weighted by Crippen LogP contribution is 2.18. The topological polar surface area (TPSA) is 42.2 Å². The number of halogens is 1. The number of hydrogen-bond donors (Lipinski definition) is 0. The molecule has 17 heavy (non-hydrogen) atoms. The van der Waals surface area contributed by atoms with Gasteiger partial charge in [-0.15, -0.1) is 0 Å². The summed E-state index contributed by atoms with van der Waals surface area (Å²) >= 11 is 0. The van der Waals surface area contributed by atoms with Gasteiger partial charge >= 0.3 is 0 Å². The highest BCUT2D eigenvalue weighted by atomic mass is 19.1. The Balaban J connectivity index is 2.50. The molecule has 0 unspecified atom stereocenters. The number of hydrogen-bond acceptors (Lipinski definition) is 3. The Labute approximate surface area is 101 Å². The minimum atomic E-state index is -0.445. The van der Waals surface area contributed by atoms with Crippen molar-refractivity contribution in [2.45, 2.75) is 26.4 Å². The summed E-state index contributed by atoms with van der Waals surface area (Å²) in [4.78, 5) is 0. The molecule has 0 heterocycles. The summed E-state index contributed by atoms with van der Waals surface area (Å²) in [6.45, 7) is 6.60. The number of benzene rings is 1. The van der Waals surface area contributed by atoms with Crippen LogP contribution in [0.3, 0.4) is 0 Å². The Morgan fingerprint density at radius 1 is 1.29 bits per heavy atom. The third kappa shape index (κ3) is 4.83. The van der Waals surface area contributed by atoms with E-state index in [0.29, 0.717) is 19.0 Å². The van der Waals surface area contributed by atoms with Crippen molar-refractivity contribution in [1.29, 1.82) is 5.26 Å². The van der Waals surface area contributed by atoms with Gasteiger partial charge in [0.05, 0.1) is 17.8 Å². The second-order valence-electron chi connectivity index (χ2n) is 4.56. The summed E-state index contributed by atoms with van der Waals surface area (Å²) in [5.74, 6) is -0.0637. The molecule has 0 amide bonds. The van der Waals surface area contributed by atoms with E-state index in [1.165, 1.54) is 12.1 Å². The van der Waals surface area contributed by atoms with E-state index in [2.05, 4.69) is 0 Å². The normalized spacial score (nSPS) is 11.0. The molecule has 0 bridgehead atoms. The van der Waals surface area contributed by atoms with Gasteiger partial charge in [0.15, 0.2) is 0 Å². The monoisotopic (exact) mass is 237 g/mol. The van der Waals surface area contributed by atoms with Crippen LogP contribution in [0.1, 0.15) is 26.3 Å². The fraction of sp³-hybridized carbons (Fsp3) is 0.462. The van der Waals surface area contributed by atoms with Crippen LogP contribution < -0.4 is 4.74 Å². The molecular weight excluding hydrogens is 221 g/mol. The molecule has 0 aromatic heterocycles. The molecule has 1 aromatic carbocycles. The van der Waals surface area contributed by atoms with E-state index >= 15 is 0 Å². The molecule has 0 spiro atoms. The van der Waals surface area contributed by atoms with E-state index in [-0.39, 0.29) is 11.2 Å². The molecular formula is C13H16FNO2. The van der Waals surface area contributed by atoms with Crippen molar-refractivity contribution in [3.8, 4) is 11.8 Å². The Bertz CT molecular complexity index is 418. The molecule has 0 atom stereocenters. The van der Waals surface area contributed by atoms with Crippen molar-refractivity contribution in [3.05, 3.63) is 29.6 Å². The zero-order valence-corrected chi connectivity index (χ0v) is 10.3. The molecule has 0 radical (unpaired) electrons. The Kier molecular flexibility index (Phi) is 4.47. The van der Waals surface area contributed by atoms with Crippen LogP contribution in [-0.2, 0) is 4.74 Å². The van der Waals surface area contributed by atoms with Gasteiger partial charge in [0, 0.05) is 0 Å². The van der Waals surface area contributed by atoms with Gasteiger partial charge < -0.3 is 9.47 Å². The van der Waals surface area contributed by atoms with Crippen molar-refractivity contribution < 1.29 is 13.9 Å². The van der Waals surface area contributed by atoms with Gasteiger partial charge in [0.25, 0.3) is 0 Å². The summed E-state index contributed by atoms with van der Waals surface area (Å²) in [6, 6.07) is 5.75. The predicted molar refractivity (Wildman–Crippen MR) is 62.3 cm³/mol. The van der Waals surface area contributed by atoms with Gasteiger partial charge in [0.2, 0.25) is 0 Å². The minimum absolute atomic E-state index is 0.195. The molecule has 0 aliphatic heterocycles. The van der Waals surface area contributed by atoms with Crippen LogP contribution in [-0.4, -0.2) is 18.8 Å². The van der Waals surface area contributed by atoms with Crippen LogP contribution in [0.5, 0.6) is 5.75 Å². The van der Waals surface area contributed by atoms with E-state index in [1.807, 2.05) is 26.8 Å². The fourth-order valence-electron chi connectivity index (χ4n) is 1.21. The quantitative estimate of drug-likeness (QED) is 0.756. The van der Waals surface area contributed by atoms with Gasteiger partial charge in [-0.25, -0.2) is 4.39 Å². The first kappa shape index (κ1) is 13.5.